The fourth-order valence-corrected chi connectivity index (χ4v) is 1.57. The van der Waals surface area contributed by atoms with Crippen molar-refractivity contribution in [3.05, 3.63) is 35.4 Å². The van der Waals surface area contributed by atoms with E-state index >= 15 is 0 Å². The molecule has 0 aliphatic carbocycles. The largest absolute Gasteiger partial charge is 0.351 e. The maximum Gasteiger partial charge on any atom is 0.237 e. The lowest BCUT2D eigenvalue weighted by Crippen LogP contribution is -2.44. The lowest BCUT2D eigenvalue weighted by Gasteiger charge is -2.17. The van der Waals surface area contributed by atoms with Gasteiger partial charge in [0.1, 0.15) is 0 Å². The lowest BCUT2D eigenvalue weighted by molar-refractivity contribution is -0.123. The molecule has 0 bridgehead atoms. The van der Waals surface area contributed by atoms with Gasteiger partial charge < -0.3 is 11.1 Å². The molecule has 0 saturated carbocycles. The molecule has 0 radical (unpaired) electrons. The first-order valence-corrected chi connectivity index (χ1v) is 6.10. The number of amides is 1. The van der Waals surface area contributed by atoms with Crippen molar-refractivity contribution in [2.45, 2.75) is 32.9 Å². The highest BCUT2D eigenvalue weighted by Crippen LogP contribution is 2.07. The molecule has 0 fully saturated rings. The normalized spacial score (nSPS) is 13.4. The molecule has 0 spiro atoms. The number of nitrogens with zero attached hydrogens (tertiary/aromatic N) is 1. The van der Waals surface area contributed by atoms with E-state index in [0.29, 0.717) is 12.1 Å². The fraction of sp³-hybridized carbons (Fsp3) is 0.429. The van der Waals surface area contributed by atoms with Crippen LogP contribution in [0.15, 0.2) is 24.3 Å². The van der Waals surface area contributed by atoms with Crippen molar-refractivity contribution in [1.82, 2.24) is 5.32 Å². The van der Waals surface area contributed by atoms with E-state index in [1.165, 1.54) is 0 Å². The van der Waals surface area contributed by atoms with Crippen LogP contribution in [-0.2, 0) is 11.3 Å². The first-order valence-electron chi connectivity index (χ1n) is 6.10. The van der Waals surface area contributed by atoms with E-state index in [0.717, 1.165) is 12.0 Å². The predicted octanol–water partition coefficient (Wildman–Crippen LogP) is 1.55. The van der Waals surface area contributed by atoms with Gasteiger partial charge in [0.25, 0.3) is 0 Å². The summed E-state index contributed by atoms with van der Waals surface area (Å²) in [4.78, 5) is 11.8. The van der Waals surface area contributed by atoms with Crippen LogP contribution < -0.4 is 11.1 Å². The summed E-state index contributed by atoms with van der Waals surface area (Å²) in [5.74, 6) is 0.0159. The van der Waals surface area contributed by atoms with E-state index in [-0.39, 0.29) is 11.8 Å². The van der Waals surface area contributed by atoms with E-state index in [1.54, 1.807) is 18.2 Å². The van der Waals surface area contributed by atoms with Crippen molar-refractivity contribution in [3.8, 4) is 6.07 Å². The summed E-state index contributed by atoms with van der Waals surface area (Å²) in [7, 11) is 0. The second kappa shape index (κ2) is 6.77. The number of hydrogen-bond donors (Lipinski definition) is 2. The molecule has 2 unspecified atom stereocenters. The molecule has 4 nitrogen and oxygen atoms in total. The number of nitrogens with one attached hydrogen (secondary N) is 1. The number of nitriles is 1. The van der Waals surface area contributed by atoms with E-state index < -0.39 is 6.04 Å². The molecule has 2 atom stereocenters. The highest BCUT2D eigenvalue weighted by molar-refractivity contribution is 5.81. The molecule has 0 saturated heterocycles. The molecule has 1 aromatic carbocycles. The van der Waals surface area contributed by atoms with Gasteiger partial charge in [-0.2, -0.15) is 5.26 Å². The third kappa shape index (κ3) is 3.86. The number of hydrogen-bond acceptors (Lipinski definition) is 3. The minimum Gasteiger partial charge on any atom is -0.351 e. The van der Waals surface area contributed by atoms with Crippen molar-refractivity contribution in [3.63, 3.8) is 0 Å². The Hall–Kier alpha value is -1.86. The minimum atomic E-state index is -0.478. The zero-order chi connectivity index (χ0) is 13.5. The number of nitrogens with two attached hydrogens (primary N) is 1. The van der Waals surface area contributed by atoms with Gasteiger partial charge in [0.15, 0.2) is 0 Å². The van der Waals surface area contributed by atoms with Crippen LogP contribution in [0.1, 0.15) is 31.4 Å². The number of carbonyl (C=O) groups excluding carboxylic acids is 1. The molecule has 1 rings (SSSR count). The monoisotopic (exact) mass is 245 g/mol. The topological polar surface area (TPSA) is 78.9 Å². The van der Waals surface area contributed by atoms with Crippen molar-refractivity contribution in [2.75, 3.05) is 0 Å². The summed E-state index contributed by atoms with van der Waals surface area (Å²) >= 11 is 0. The van der Waals surface area contributed by atoms with E-state index in [2.05, 4.69) is 11.4 Å². The van der Waals surface area contributed by atoms with Crippen LogP contribution >= 0.6 is 0 Å². The molecule has 0 aliphatic rings. The van der Waals surface area contributed by atoms with Crippen LogP contribution in [0.3, 0.4) is 0 Å². The van der Waals surface area contributed by atoms with Crippen LogP contribution in [0, 0.1) is 17.2 Å². The standard InChI is InChI=1S/C14H19N3O/c1-3-10(2)13(16)14(18)17-9-12-6-4-5-11(7-12)8-15/h4-7,10,13H,3,9,16H2,1-2H3,(H,17,18). The summed E-state index contributed by atoms with van der Waals surface area (Å²) in [5.41, 5.74) is 7.32. The van der Waals surface area contributed by atoms with Crippen LogP contribution in [0.2, 0.25) is 0 Å². The first-order chi connectivity index (χ1) is 8.58. The van der Waals surface area contributed by atoms with Gasteiger partial charge in [-0.05, 0) is 23.6 Å². The van der Waals surface area contributed by atoms with Gasteiger partial charge in [-0.25, -0.2) is 0 Å². The molecule has 4 heteroatoms. The molecule has 0 aromatic heterocycles. The van der Waals surface area contributed by atoms with Crippen molar-refractivity contribution in [1.29, 1.82) is 5.26 Å². The molecule has 96 valence electrons. The lowest BCUT2D eigenvalue weighted by atomic mass is 9.99. The van der Waals surface area contributed by atoms with Crippen molar-refractivity contribution < 1.29 is 4.79 Å². The molecular formula is C14H19N3O. The first kappa shape index (κ1) is 14.2. The molecule has 1 amide bonds. The average molecular weight is 245 g/mol. The highest BCUT2D eigenvalue weighted by atomic mass is 16.2. The van der Waals surface area contributed by atoms with E-state index in [1.807, 2.05) is 19.9 Å². The average Bonchev–Trinajstić information content (AvgIpc) is 2.43. The molecular weight excluding hydrogens is 226 g/mol. The quantitative estimate of drug-likeness (QED) is 0.826. The maximum atomic E-state index is 11.8. The van der Waals surface area contributed by atoms with Gasteiger partial charge in [0.05, 0.1) is 17.7 Å². The number of carbonyl (C=O) groups is 1. The van der Waals surface area contributed by atoms with Gasteiger partial charge in [-0.15, -0.1) is 0 Å². The second-order valence-corrected chi connectivity index (χ2v) is 4.44. The summed E-state index contributed by atoms with van der Waals surface area (Å²) < 4.78 is 0. The Morgan fingerprint density at radius 2 is 2.28 bits per heavy atom. The minimum absolute atomic E-state index is 0.147. The molecule has 1 aromatic rings. The number of benzene rings is 1. The van der Waals surface area contributed by atoms with Gasteiger partial charge in [-0.1, -0.05) is 32.4 Å². The third-order valence-corrected chi connectivity index (χ3v) is 3.08. The second-order valence-electron chi connectivity index (χ2n) is 4.44. The Balaban J connectivity index is 2.55. The van der Waals surface area contributed by atoms with Crippen LogP contribution in [0.4, 0.5) is 0 Å². The summed E-state index contributed by atoms with van der Waals surface area (Å²) in [5, 5.41) is 11.6. The Kier molecular flexibility index (Phi) is 5.34. The smallest absolute Gasteiger partial charge is 0.237 e. The fourth-order valence-electron chi connectivity index (χ4n) is 1.57. The van der Waals surface area contributed by atoms with Crippen LogP contribution in [-0.4, -0.2) is 11.9 Å². The van der Waals surface area contributed by atoms with Crippen LogP contribution in [0.25, 0.3) is 0 Å². The van der Waals surface area contributed by atoms with Gasteiger partial charge in [-0.3, -0.25) is 4.79 Å². The molecule has 3 N–H and O–H groups in total. The Bertz CT molecular complexity index is 451. The zero-order valence-electron chi connectivity index (χ0n) is 10.8. The van der Waals surface area contributed by atoms with Crippen molar-refractivity contribution in [2.24, 2.45) is 11.7 Å². The molecule has 0 heterocycles. The summed E-state index contributed by atoms with van der Waals surface area (Å²) in [6.45, 7) is 4.37. The van der Waals surface area contributed by atoms with Crippen molar-refractivity contribution >= 4 is 5.91 Å². The summed E-state index contributed by atoms with van der Waals surface area (Å²) in [6.07, 6.45) is 0.874. The predicted molar refractivity (Wildman–Crippen MR) is 70.4 cm³/mol. The Morgan fingerprint density at radius 3 is 2.89 bits per heavy atom. The third-order valence-electron chi connectivity index (χ3n) is 3.08. The van der Waals surface area contributed by atoms with Gasteiger partial charge in [0.2, 0.25) is 5.91 Å². The zero-order valence-corrected chi connectivity index (χ0v) is 10.8. The summed E-state index contributed by atoms with van der Waals surface area (Å²) in [6, 6.07) is 8.75. The SMILES string of the molecule is CCC(C)C(N)C(=O)NCc1cccc(C#N)c1. The Morgan fingerprint density at radius 1 is 1.56 bits per heavy atom. The molecule has 0 aliphatic heterocycles. The van der Waals surface area contributed by atoms with E-state index in [4.69, 9.17) is 11.0 Å². The van der Waals surface area contributed by atoms with Crippen LogP contribution in [0.5, 0.6) is 0 Å². The van der Waals surface area contributed by atoms with Gasteiger partial charge >= 0.3 is 0 Å². The maximum absolute atomic E-state index is 11.8. The highest BCUT2D eigenvalue weighted by Gasteiger charge is 2.18. The Labute approximate surface area is 108 Å². The van der Waals surface area contributed by atoms with E-state index in [9.17, 15) is 4.79 Å². The molecule has 18 heavy (non-hydrogen) atoms. The van der Waals surface area contributed by atoms with Gasteiger partial charge in [0, 0.05) is 6.54 Å². The number of rotatable bonds is 5.